The average molecular weight is 168 g/mol. The Balaban J connectivity index is 2.68. The van der Waals surface area contributed by atoms with Crippen molar-refractivity contribution >= 4 is 5.78 Å². The summed E-state index contributed by atoms with van der Waals surface area (Å²) in [5, 5.41) is 9.11. The Morgan fingerprint density at radius 3 is 3.00 bits per heavy atom. The number of rotatable bonds is 0. The molecule has 0 saturated carbocycles. The maximum atomic E-state index is 12.6. The molecule has 0 saturated heterocycles. The molecule has 2 rings (SSSR count). The van der Waals surface area contributed by atoms with Gasteiger partial charge in [-0.15, -0.1) is 0 Å². The van der Waals surface area contributed by atoms with Crippen LogP contribution in [0.1, 0.15) is 10.4 Å². The van der Waals surface area contributed by atoms with Gasteiger partial charge in [0.15, 0.2) is 18.1 Å². The van der Waals surface area contributed by atoms with Crippen LogP contribution in [0.3, 0.4) is 0 Å². The third-order valence-electron chi connectivity index (χ3n) is 1.68. The molecule has 12 heavy (non-hydrogen) atoms. The molecule has 1 aliphatic heterocycles. The normalized spacial score (nSPS) is 14.2. The number of phenols is 1. The summed E-state index contributed by atoms with van der Waals surface area (Å²) in [7, 11) is 0. The fourth-order valence-corrected chi connectivity index (χ4v) is 1.15. The van der Waals surface area contributed by atoms with Crippen molar-refractivity contribution in [2.24, 2.45) is 0 Å². The van der Waals surface area contributed by atoms with Gasteiger partial charge in [0.2, 0.25) is 5.78 Å². The summed E-state index contributed by atoms with van der Waals surface area (Å²) >= 11 is 0. The predicted octanol–water partition coefficient (Wildman–Crippen LogP) is 1.11. The molecule has 0 amide bonds. The molecule has 1 aliphatic rings. The standard InChI is InChI=1S/C8H5FO3/c9-4-1-5-7(11)3-12-8(5)6(10)2-4/h1-2,10H,3H2. The van der Waals surface area contributed by atoms with E-state index >= 15 is 0 Å². The van der Waals surface area contributed by atoms with Crippen LogP contribution in [0.25, 0.3) is 0 Å². The number of hydrogen-bond acceptors (Lipinski definition) is 3. The predicted molar refractivity (Wildman–Crippen MR) is 37.9 cm³/mol. The van der Waals surface area contributed by atoms with E-state index in [-0.39, 0.29) is 29.5 Å². The molecule has 0 aliphatic carbocycles. The van der Waals surface area contributed by atoms with E-state index in [9.17, 15) is 9.18 Å². The zero-order valence-electron chi connectivity index (χ0n) is 6.00. The molecule has 0 fully saturated rings. The fraction of sp³-hybridized carbons (Fsp3) is 0.125. The molecule has 0 bridgehead atoms. The number of carbonyl (C=O) groups is 1. The van der Waals surface area contributed by atoms with Crippen molar-refractivity contribution in [1.82, 2.24) is 0 Å². The van der Waals surface area contributed by atoms with Gasteiger partial charge in [-0.3, -0.25) is 4.79 Å². The molecule has 0 spiro atoms. The average Bonchev–Trinajstić information content (AvgIpc) is 2.33. The fourth-order valence-electron chi connectivity index (χ4n) is 1.15. The number of ketones is 1. The molecule has 0 aromatic heterocycles. The molecule has 0 radical (unpaired) electrons. The Morgan fingerprint density at radius 2 is 2.25 bits per heavy atom. The Labute approximate surface area is 67.4 Å². The summed E-state index contributed by atoms with van der Waals surface area (Å²) in [4.78, 5) is 11.0. The van der Waals surface area contributed by atoms with Crippen molar-refractivity contribution in [3.63, 3.8) is 0 Å². The highest BCUT2D eigenvalue weighted by Gasteiger charge is 2.25. The number of fused-ring (bicyclic) bond motifs is 1. The molecule has 3 nitrogen and oxygen atoms in total. The van der Waals surface area contributed by atoms with Crippen molar-refractivity contribution < 1.29 is 19.0 Å². The van der Waals surface area contributed by atoms with Gasteiger partial charge in [0, 0.05) is 6.07 Å². The van der Waals surface area contributed by atoms with Crippen molar-refractivity contribution in [1.29, 1.82) is 0 Å². The first-order valence-electron chi connectivity index (χ1n) is 3.37. The van der Waals surface area contributed by atoms with E-state index in [1.54, 1.807) is 0 Å². The highest BCUT2D eigenvalue weighted by molar-refractivity contribution is 6.03. The lowest BCUT2D eigenvalue weighted by Gasteiger charge is -1.99. The van der Waals surface area contributed by atoms with Gasteiger partial charge in [0.25, 0.3) is 0 Å². The lowest BCUT2D eigenvalue weighted by molar-refractivity contribution is 0.0960. The molecule has 4 heteroatoms. The first-order chi connectivity index (χ1) is 5.68. The molecule has 62 valence electrons. The monoisotopic (exact) mass is 168 g/mol. The second-order valence-corrected chi connectivity index (χ2v) is 2.51. The highest BCUT2D eigenvalue weighted by atomic mass is 19.1. The van der Waals surface area contributed by atoms with Gasteiger partial charge in [-0.05, 0) is 6.07 Å². The lowest BCUT2D eigenvalue weighted by Crippen LogP contribution is -1.98. The molecule has 0 atom stereocenters. The third-order valence-corrected chi connectivity index (χ3v) is 1.68. The minimum Gasteiger partial charge on any atom is -0.504 e. The van der Waals surface area contributed by atoms with Crippen LogP contribution in [0.5, 0.6) is 11.5 Å². The van der Waals surface area contributed by atoms with E-state index in [0.717, 1.165) is 12.1 Å². The molecule has 1 aromatic carbocycles. The van der Waals surface area contributed by atoms with E-state index in [4.69, 9.17) is 9.84 Å². The number of benzene rings is 1. The smallest absolute Gasteiger partial charge is 0.204 e. The van der Waals surface area contributed by atoms with E-state index < -0.39 is 5.82 Å². The van der Waals surface area contributed by atoms with E-state index in [1.807, 2.05) is 0 Å². The van der Waals surface area contributed by atoms with Crippen LogP contribution in [-0.2, 0) is 0 Å². The minimum absolute atomic E-state index is 0.0846. The Bertz CT molecular complexity index is 360. The SMILES string of the molecule is O=C1COc2c(O)cc(F)cc21. The number of aromatic hydroxyl groups is 1. The summed E-state index contributed by atoms with van der Waals surface area (Å²) in [5.41, 5.74) is 0.118. The maximum Gasteiger partial charge on any atom is 0.204 e. The van der Waals surface area contributed by atoms with Gasteiger partial charge in [-0.25, -0.2) is 4.39 Å². The van der Waals surface area contributed by atoms with Gasteiger partial charge >= 0.3 is 0 Å². The summed E-state index contributed by atoms with van der Waals surface area (Å²) in [6.45, 7) is -0.119. The van der Waals surface area contributed by atoms with Crippen LogP contribution >= 0.6 is 0 Å². The number of ether oxygens (including phenoxy) is 1. The molecular formula is C8H5FO3. The third kappa shape index (κ3) is 0.845. The first-order valence-corrected chi connectivity index (χ1v) is 3.37. The molecular weight excluding hydrogens is 163 g/mol. The summed E-state index contributed by atoms with van der Waals surface area (Å²) < 4.78 is 17.5. The van der Waals surface area contributed by atoms with Gasteiger partial charge in [-0.1, -0.05) is 0 Å². The van der Waals surface area contributed by atoms with Crippen LogP contribution in [0, 0.1) is 5.82 Å². The highest BCUT2D eigenvalue weighted by Crippen LogP contribution is 2.35. The number of hydrogen-bond donors (Lipinski definition) is 1. The number of phenolic OH excluding ortho intramolecular Hbond substituents is 1. The zero-order chi connectivity index (χ0) is 8.72. The van der Waals surface area contributed by atoms with E-state index in [0.29, 0.717) is 0 Å². The van der Waals surface area contributed by atoms with Gasteiger partial charge in [0.1, 0.15) is 5.82 Å². The van der Waals surface area contributed by atoms with Gasteiger partial charge in [-0.2, -0.15) is 0 Å². The largest absolute Gasteiger partial charge is 0.504 e. The van der Waals surface area contributed by atoms with Crippen LogP contribution in [0.15, 0.2) is 12.1 Å². The summed E-state index contributed by atoms with van der Waals surface area (Å²) in [6, 6.07) is 1.97. The van der Waals surface area contributed by atoms with Crippen LogP contribution < -0.4 is 4.74 Å². The lowest BCUT2D eigenvalue weighted by atomic mass is 10.1. The van der Waals surface area contributed by atoms with Crippen molar-refractivity contribution in [2.75, 3.05) is 6.61 Å². The Hall–Kier alpha value is -1.58. The molecule has 1 heterocycles. The number of carbonyl (C=O) groups excluding carboxylic acids is 1. The molecule has 1 N–H and O–H groups in total. The summed E-state index contributed by atoms with van der Waals surface area (Å²) in [6.07, 6.45) is 0. The topological polar surface area (TPSA) is 46.5 Å². The van der Waals surface area contributed by atoms with Gasteiger partial charge < -0.3 is 9.84 Å². The Morgan fingerprint density at radius 1 is 1.50 bits per heavy atom. The quantitative estimate of drug-likeness (QED) is 0.631. The Kier molecular flexibility index (Phi) is 1.30. The minimum atomic E-state index is -0.634. The van der Waals surface area contributed by atoms with Crippen molar-refractivity contribution in [3.8, 4) is 11.5 Å². The van der Waals surface area contributed by atoms with Crippen LogP contribution in [0.2, 0.25) is 0 Å². The second kappa shape index (κ2) is 2.20. The molecule has 0 unspecified atom stereocenters. The molecule has 1 aromatic rings. The first kappa shape index (κ1) is 7.09. The van der Waals surface area contributed by atoms with Crippen LogP contribution in [0.4, 0.5) is 4.39 Å². The maximum absolute atomic E-state index is 12.6. The van der Waals surface area contributed by atoms with Crippen LogP contribution in [-0.4, -0.2) is 17.5 Å². The van der Waals surface area contributed by atoms with Crippen molar-refractivity contribution in [3.05, 3.63) is 23.5 Å². The van der Waals surface area contributed by atoms with E-state index in [1.165, 1.54) is 0 Å². The van der Waals surface area contributed by atoms with Crippen molar-refractivity contribution in [2.45, 2.75) is 0 Å². The number of Topliss-reactive ketones (excluding diaryl/α,β-unsaturated/α-hetero) is 1. The van der Waals surface area contributed by atoms with Gasteiger partial charge in [0.05, 0.1) is 5.56 Å². The zero-order valence-corrected chi connectivity index (χ0v) is 6.00. The summed E-state index contributed by atoms with van der Waals surface area (Å²) in [5.74, 6) is -1.18. The number of halogens is 1. The second-order valence-electron chi connectivity index (χ2n) is 2.51. The van der Waals surface area contributed by atoms with E-state index in [2.05, 4.69) is 0 Å².